The Morgan fingerprint density at radius 1 is 1.47 bits per heavy atom. The molecule has 3 heteroatoms. The molecule has 3 atom stereocenters. The van der Waals surface area contributed by atoms with Gasteiger partial charge < -0.3 is 10.6 Å². The highest BCUT2D eigenvalue weighted by Gasteiger charge is 2.35. The Hall–Kier alpha value is -0.570. The monoisotopic (exact) mass is 212 g/mol. The third kappa shape index (κ3) is 2.51. The normalized spacial score (nSPS) is 28.5. The molecule has 0 aromatic heterocycles. The van der Waals surface area contributed by atoms with Gasteiger partial charge in [0, 0.05) is 12.1 Å². The van der Waals surface area contributed by atoms with Crippen LogP contribution in [-0.2, 0) is 4.79 Å². The van der Waals surface area contributed by atoms with Crippen LogP contribution >= 0.6 is 0 Å². The zero-order valence-corrected chi connectivity index (χ0v) is 10.4. The van der Waals surface area contributed by atoms with Crippen LogP contribution in [0.3, 0.4) is 0 Å². The highest BCUT2D eigenvalue weighted by atomic mass is 16.2. The molecule has 1 aliphatic rings. The SMILES string of the molecule is CCC1CCC(C)N1C(=O)[C@H](N)C(C)C. The van der Waals surface area contributed by atoms with E-state index in [1.807, 2.05) is 18.7 Å². The van der Waals surface area contributed by atoms with E-state index in [9.17, 15) is 4.79 Å². The zero-order chi connectivity index (χ0) is 11.6. The maximum absolute atomic E-state index is 12.2. The van der Waals surface area contributed by atoms with Crippen LogP contribution in [0.5, 0.6) is 0 Å². The summed E-state index contributed by atoms with van der Waals surface area (Å²) in [7, 11) is 0. The van der Waals surface area contributed by atoms with Crippen molar-refractivity contribution in [1.29, 1.82) is 0 Å². The topological polar surface area (TPSA) is 46.3 Å². The first-order valence-corrected chi connectivity index (χ1v) is 6.06. The van der Waals surface area contributed by atoms with Gasteiger partial charge in [-0.15, -0.1) is 0 Å². The van der Waals surface area contributed by atoms with E-state index in [1.165, 1.54) is 0 Å². The molecule has 88 valence electrons. The molecule has 1 amide bonds. The molecule has 0 radical (unpaired) electrons. The molecule has 0 aromatic rings. The van der Waals surface area contributed by atoms with E-state index < -0.39 is 0 Å². The lowest BCUT2D eigenvalue weighted by molar-refractivity contribution is -0.136. The van der Waals surface area contributed by atoms with Crippen molar-refractivity contribution >= 4 is 5.91 Å². The molecular formula is C12H24N2O. The molecule has 2 unspecified atom stereocenters. The summed E-state index contributed by atoms with van der Waals surface area (Å²) in [6.07, 6.45) is 3.30. The Kier molecular flexibility index (Phi) is 4.14. The van der Waals surface area contributed by atoms with Crippen LogP contribution in [0.4, 0.5) is 0 Å². The lowest BCUT2D eigenvalue weighted by Crippen LogP contribution is -2.50. The quantitative estimate of drug-likeness (QED) is 0.775. The minimum Gasteiger partial charge on any atom is -0.336 e. The van der Waals surface area contributed by atoms with Crippen molar-refractivity contribution in [3.05, 3.63) is 0 Å². The third-order valence-electron chi connectivity index (χ3n) is 3.52. The van der Waals surface area contributed by atoms with E-state index in [0.29, 0.717) is 12.1 Å². The van der Waals surface area contributed by atoms with Gasteiger partial charge in [-0.25, -0.2) is 0 Å². The van der Waals surface area contributed by atoms with E-state index in [4.69, 9.17) is 5.73 Å². The number of amides is 1. The first kappa shape index (κ1) is 12.5. The van der Waals surface area contributed by atoms with Crippen molar-refractivity contribution in [3.63, 3.8) is 0 Å². The number of likely N-dealkylation sites (tertiary alicyclic amines) is 1. The molecule has 0 aliphatic carbocycles. The molecule has 3 nitrogen and oxygen atoms in total. The minimum atomic E-state index is -0.334. The fourth-order valence-electron chi connectivity index (χ4n) is 2.33. The second-order valence-electron chi connectivity index (χ2n) is 5.00. The molecule has 1 rings (SSSR count). The molecule has 0 saturated carbocycles. The molecule has 1 heterocycles. The van der Waals surface area contributed by atoms with Gasteiger partial charge in [-0.3, -0.25) is 4.79 Å². The van der Waals surface area contributed by atoms with E-state index in [0.717, 1.165) is 19.3 Å². The van der Waals surface area contributed by atoms with Gasteiger partial charge in [0.1, 0.15) is 0 Å². The Balaban J connectivity index is 2.72. The van der Waals surface area contributed by atoms with Crippen LogP contribution in [0.1, 0.15) is 47.0 Å². The lowest BCUT2D eigenvalue weighted by atomic mass is 10.0. The smallest absolute Gasteiger partial charge is 0.240 e. The van der Waals surface area contributed by atoms with Crippen LogP contribution in [0.2, 0.25) is 0 Å². The van der Waals surface area contributed by atoms with Gasteiger partial charge in [-0.1, -0.05) is 20.8 Å². The summed E-state index contributed by atoms with van der Waals surface area (Å²) in [5.41, 5.74) is 5.93. The average Bonchev–Trinajstić information content (AvgIpc) is 2.57. The summed E-state index contributed by atoms with van der Waals surface area (Å²) < 4.78 is 0. The number of nitrogens with zero attached hydrogens (tertiary/aromatic N) is 1. The molecule has 1 saturated heterocycles. The fourth-order valence-corrected chi connectivity index (χ4v) is 2.33. The predicted octanol–water partition coefficient (Wildman–Crippen LogP) is 1.76. The van der Waals surface area contributed by atoms with Crippen LogP contribution in [0.15, 0.2) is 0 Å². The molecule has 1 aliphatic heterocycles. The van der Waals surface area contributed by atoms with Gasteiger partial charge in [0.15, 0.2) is 0 Å². The van der Waals surface area contributed by atoms with E-state index in [2.05, 4.69) is 13.8 Å². The molecular weight excluding hydrogens is 188 g/mol. The maximum atomic E-state index is 12.2. The Morgan fingerprint density at radius 2 is 2.07 bits per heavy atom. The van der Waals surface area contributed by atoms with Crippen molar-refractivity contribution < 1.29 is 4.79 Å². The maximum Gasteiger partial charge on any atom is 0.240 e. The number of hydrogen-bond donors (Lipinski definition) is 1. The standard InChI is InChI=1S/C12H24N2O/c1-5-10-7-6-9(4)14(10)12(15)11(13)8(2)3/h8-11H,5-7,13H2,1-4H3/t9?,10?,11-/m1/s1. The van der Waals surface area contributed by atoms with Gasteiger partial charge >= 0.3 is 0 Å². The van der Waals surface area contributed by atoms with Gasteiger partial charge in [-0.05, 0) is 32.1 Å². The van der Waals surface area contributed by atoms with Crippen molar-refractivity contribution in [2.75, 3.05) is 0 Å². The molecule has 15 heavy (non-hydrogen) atoms. The summed E-state index contributed by atoms with van der Waals surface area (Å²) in [6.45, 7) is 8.28. The van der Waals surface area contributed by atoms with E-state index >= 15 is 0 Å². The highest BCUT2D eigenvalue weighted by Crippen LogP contribution is 2.27. The van der Waals surface area contributed by atoms with Crippen molar-refractivity contribution in [2.24, 2.45) is 11.7 Å². The summed E-state index contributed by atoms with van der Waals surface area (Å²) in [4.78, 5) is 14.2. The fraction of sp³-hybridized carbons (Fsp3) is 0.917. The number of hydrogen-bond acceptors (Lipinski definition) is 2. The third-order valence-corrected chi connectivity index (χ3v) is 3.52. The number of carbonyl (C=O) groups excluding carboxylic acids is 1. The Labute approximate surface area is 93.0 Å². The van der Waals surface area contributed by atoms with E-state index in [-0.39, 0.29) is 17.9 Å². The molecule has 2 N–H and O–H groups in total. The van der Waals surface area contributed by atoms with Crippen molar-refractivity contribution in [2.45, 2.75) is 65.1 Å². The zero-order valence-electron chi connectivity index (χ0n) is 10.4. The Bertz CT molecular complexity index is 228. The van der Waals surface area contributed by atoms with Gasteiger partial charge in [0.2, 0.25) is 5.91 Å². The van der Waals surface area contributed by atoms with Crippen LogP contribution < -0.4 is 5.73 Å². The second-order valence-corrected chi connectivity index (χ2v) is 5.00. The van der Waals surface area contributed by atoms with Crippen molar-refractivity contribution in [3.8, 4) is 0 Å². The molecule has 0 aromatic carbocycles. The molecule has 1 fully saturated rings. The van der Waals surface area contributed by atoms with Crippen LogP contribution in [0, 0.1) is 5.92 Å². The van der Waals surface area contributed by atoms with Gasteiger partial charge in [0.05, 0.1) is 6.04 Å². The first-order valence-electron chi connectivity index (χ1n) is 6.06. The summed E-state index contributed by atoms with van der Waals surface area (Å²) >= 11 is 0. The summed E-state index contributed by atoms with van der Waals surface area (Å²) in [5, 5.41) is 0. The van der Waals surface area contributed by atoms with Gasteiger partial charge in [-0.2, -0.15) is 0 Å². The molecule has 0 spiro atoms. The predicted molar refractivity (Wildman–Crippen MR) is 62.4 cm³/mol. The Morgan fingerprint density at radius 3 is 2.53 bits per heavy atom. The largest absolute Gasteiger partial charge is 0.336 e. The van der Waals surface area contributed by atoms with Gasteiger partial charge in [0.25, 0.3) is 0 Å². The summed E-state index contributed by atoms with van der Waals surface area (Å²) in [5.74, 6) is 0.365. The number of nitrogens with two attached hydrogens (primary N) is 1. The van der Waals surface area contributed by atoms with Crippen LogP contribution in [-0.4, -0.2) is 28.9 Å². The number of rotatable bonds is 3. The van der Waals surface area contributed by atoms with E-state index in [1.54, 1.807) is 0 Å². The lowest BCUT2D eigenvalue weighted by Gasteiger charge is -2.31. The first-order chi connectivity index (χ1) is 6.99. The highest BCUT2D eigenvalue weighted by molar-refractivity contribution is 5.82. The average molecular weight is 212 g/mol. The number of carbonyl (C=O) groups is 1. The minimum absolute atomic E-state index is 0.141. The molecule has 0 bridgehead atoms. The second kappa shape index (κ2) is 4.97. The summed E-state index contributed by atoms with van der Waals surface area (Å²) in [6, 6.07) is 0.448. The van der Waals surface area contributed by atoms with Crippen molar-refractivity contribution in [1.82, 2.24) is 4.90 Å². The van der Waals surface area contributed by atoms with Crippen LogP contribution in [0.25, 0.3) is 0 Å².